The fourth-order valence-corrected chi connectivity index (χ4v) is 2.82. The average Bonchev–Trinajstić information content (AvgIpc) is 2.60. The Hall–Kier alpha value is -0.700. The van der Waals surface area contributed by atoms with Crippen molar-refractivity contribution in [3.8, 4) is 0 Å². The number of hydrogen-bond acceptors (Lipinski definition) is 1. The summed E-state index contributed by atoms with van der Waals surface area (Å²) in [5.41, 5.74) is 0.242. The van der Waals surface area contributed by atoms with Crippen molar-refractivity contribution in [3.63, 3.8) is 0 Å². The largest absolute Gasteiger partial charge is 0.294 e. The van der Waals surface area contributed by atoms with E-state index in [0.717, 1.165) is 25.7 Å². The second-order valence-corrected chi connectivity index (χ2v) is 5.51. The third kappa shape index (κ3) is 2.95. The van der Waals surface area contributed by atoms with Crippen molar-refractivity contribution in [2.45, 2.75) is 38.5 Å². The van der Waals surface area contributed by atoms with Gasteiger partial charge in [-0.1, -0.05) is 31.7 Å². The highest BCUT2D eigenvalue weighted by molar-refractivity contribution is 9.10. The topological polar surface area (TPSA) is 17.1 Å². The summed E-state index contributed by atoms with van der Waals surface area (Å²) in [6.45, 7) is 0. The summed E-state index contributed by atoms with van der Waals surface area (Å²) in [7, 11) is 0. The van der Waals surface area contributed by atoms with Gasteiger partial charge in [0, 0.05) is 5.92 Å². The van der Waals surface area contributed by atoms with Crippen LogP contribution >= 0.6 is 15.9 Å². The Labute approximate surface area is 110 Å². The Morgan fingerprint density at radius 1 is 1.18 bits per heavy atom. The predicted molar refractivity (Wildman–Crippen MR) is 69.6 cm³/mol. The van der Waals surface area contributed by atoms with Crippen LogP contribution in [0.4, 0.5) is 4.39 Å². The van der Waals surface area contributed by atoms with E-state index in [1.807, 2.05) is 0 Å². The van der Waals surface area contributed by atoms with Gasteiger partial charge < -0.3 is 0 Å². The smallest absolute Gasteiger partial charge is 0.168 e. The molecule has 0 bridgehead atoms. The minimum Gasteiger partial charge on any atom is -0.294 e. The van der Waals surface area contributed by atoms with Gasteiger partial charge in [0.25, 0.3) is 0 Å². The van der Waals surface area contributed by atoms with Crippen LogP contribution < -0.4 is 0 Å². The lowest BCUT2D eigenvalue weighted by Crippen LogP contribution is -2.15. The van der Waals surface area contributed by atoms with Gasteiger partial charge in [-0.15, -0.1) is 0 Å². The van der Waals surface area contributed by atoms with Crippen molar-refractivity contribution in [2.24, 2.45) is 5.92 Å². The normalized spacial score (nSPS) is 17.8. The number of carbonyl (C=O) groups is 1. The van der Waals surface area contributed by atoms with Crippen molar-refractivity contribution in [3.05, 3.63) is 34.1 Å². The molecule has 1 fully saturated rings. The summed E-state index contributed by atoms with van der Waals surface area (Å²) < 4.78 is 14.2. The first-order valence-corrected chi connectivity index (χ1v) is 6.97. The van der Waals surface area contributed by atoms with E-state index >= 15 is 0 Å². The molecule has 1 nitrogen and oxygen atoms in total. The zero-order valence-corrected chi connectivity index (χ0v) is 11.3. The molecule has 0 unspecified atom stereocenters. The third-order valence-electron chi connectivity index (χ3n) is 3.44. The highest BCUT2D eigenvalue weighted by atomic mass is 79.9. The van der Waals surface area contributed by atoms with Gasteiger partial charge in [-0.3, -0.25) is 4.79 Å². The van der Waals surface area contributed by atoms with Crippen LogP contribution in [-0.4, -0.2) is 5.78 Å². The maximum Gasteiger partial charge on any atom is 0.168 e. The lowest BCUT2D eigenvalue weighted by atomic mass is 9.91. The highest BCUT2D eigenvalue weighted by Gasteiger charge is 2.24. The molecule has 3 heteroatoms. The Balaban J connectivity index is 2.20. The van der Waals surface area contributed by atoms with Crippen LogP contribution in [0.15, 0.2) is 22.7 Å². The second-order valence-electron chi connectivity index (χ2n) is 4.65. The summed E-state index contributed by atoms with van der Waals surface area (Å²) >= 11 is 3.13. The molecule has 2 rings (SSSR count). The Bertz CT molecular complexity index is 409. The molecule has 17 heavy (non-hydrogen) atoms. The van der Waals surface area contributed by atoms with Gasteiger partial charge >= 0.3 is 0 Å². The monoisotopic (exact) mass is 298 g/mol. The average molecular weight is 299 g/mol. The van der Waals surface area contributed by atoms with Gasteiger partial charge in [0.15, 0.2) is 5.78 Å². The number of rotatable bonds is 2. The summed E-state index contributed by atoms with van der Waals surface area (Å²) in [6, 6.07) is 4.93. The molecular formula is C14H16BrFO. The number of hydrogen-bond donors (Lipinski definition) is 0. The van der Waals surface area contributed by atoms with E-state index < -0.39 is 5.82 Å². The van der Waals surface area contributed by atoms with Crippen LogP contribution in [0.5, 0.6) is 0 Å². The second kappa shape index (κ2) is 5.76. The van der Waals surface area contributed by atoms with Gasteiger partial charge in [0.1, 0.15) is 5.82 Å². The first-order chi connectivity index (χ1) is 8.20. The molecule has 0 amide bonds. The molecule has 1 aromatic rings. The maximum absolute atomic E-state index is 13.8. The summed E-state index contributed by atoms with van der Waals surface area (Å²) in [6.07, 6.45) is 6.39. The van der Waals surface area contributed by atoms with E-state index in [-0.39, 0.29) is 17.3 Å². The number of carbonyl (C=O) groups excluding carboxylic acids is 1. The van der Waals surface area contributed by atoms with Crippen molar-refractivity contribution in [1.82, 2.24) is 0 Å². The minimum atomic E-state index is -0.415. The number of benzene rings is 1. The van der Waals surface area contributed by atoms with Gasteiger partial charge in [-0.05, 0) is 40.9 Å². The van der Waals surface area contributed by atoms with Crippen LogP contribution in [0.1, 0.15) is 48.9 Å². The zero-order valence-electron chi connectivity index (χ0n) is 9.72. The molecule has 1 saturated carbocycles. The van der Waals surface area contributed by atoms with Crippen molar-refractivity contribution >= 4 is 21.7 Å². The first-order valence-electron chi connectivity index (χ1n) is 6.18. The molecule has 92 valence electrons. The number of Topliss-reactive ketones (excluding diaryl/α,β-unsaturated/α-hetero) is 1. The van der Waals surface area contributed by atoms with Crippen LogP contribution in [0.3, 0.4) is 0 Å². The molecule has 1 aliphatic carbocycles. The van der Waals surface area contributed by atoms with Gasteiger partial charge in [0.2, 0.25) is 0 Å². The number of halogens is 2. The lowest BCUT2D eigenvalue weighted by Gasteiger charge is -2.13. The van der Waals surface area contributed by atoms with Crippen molar-refractivity contribution in [2.75, 3.05) is 0 Å². The molecule has 0 aliphatic heterocycles. The van der Waals surface area contributed by atoms with Gasteiger partial charge in [-0.25, -0.2) is 4.39 Å². The molecule has 1 aliphatic rings. The van der Waals surface area contributed by atoms with E-state index in [2.05, 4.69) is 15.9 Å². The fourth-order valence-electron chi connectivity index (χ4n) is 2.46. The quantitative estimate of drug-likeness (QED) is 0.569. The number of ketones is 1. The molecule has 0 saturated heterocycles. The lowest BCUT2D eigenvalue weighted by molar-refractivity contribution is 0.0903. The highest BCUT2D eigenvalue weighted by Crippen LogP contribution is 2.28. The van der Waals surface area contributed by atoms with E-state index in [4.69, 9.17) is 0 Å². The zero-order chi connectivity index (χ0) is 12.3. The van der Waals surface area contributed by atoms with Gasteiger partial charge in [-0.2, -0.15) is 0 Å². The van der Waals surface area contributed by atoms with Crippen molar-refractivity contribution in [1.29, 1.82) is 0 Å². The maximum atomic E-state index is 13.8. The Kier molecular flexibility index (Phi) is 4.32. The minimum absolute atomic E-state index is 0.0151. The van der Waals surface area contributed by atoms with Crippen LogP contribution in [0.2, 0.25) is 0 Å². The first kappa shape index (κ1) is 12.7. The predicted octanol–water partition coefficient (Wildman–Crippen LogP) is 4.74. The van der Waals surface area contributed by atoms with Crippen molar-refractivity contribution < 1.29 is 9.18 Å². The molecule has 0 aromatic heterocycles. The standard InChI is InChI=1S/C14H16BrFO/c15-12-9-5-8-11(13(12)16)14(17)10-6-3-1-2-4-7-10/h5,8-10H,1-4,6-7H2. The molecular weight excluding hydrogens is 283 g/mol. The molecule has 0 radical (unpaired) electrons. The summed E-state index contributed by atoms with van der Waals surface area (Å²) in [5, 5.41) is 0. The Morgan fingerprint density at radius 2 is 1.82 bits per heavy atom. The molecule has 1 aromatic carbocycles. The molecule has 0 N–H and O–H groups in total. The molecule has 0 atom stereocenters. The third-order valence-corrected chi connectivity index (χ3v) is 4.06. The summed E-state index contributed by atoms with van der Waals surface area (Å²) in [4.78, 5) is 12.3. The molecule has 0 heterocycles. The molecule has 0 spiro atoms. The van der Waals surface area contributed by atoms with Crippen LogP contribution in [-0.2, 0) is 0 Å². The van der Waals surface area contributed by atoms with Gasteiger partial charge in [0.05, 0.1) is 10.0 Å². The summed E-state index contributed by atoms with van der Waals surface area (Å²) in [5.74, 6) is -0.422. The van der Waals surface area contributed by atoms with E-state index in [0.29, 0.717) is 4.47 Å². The SMILES string of the molecule is O=C(c1cccc(Br)c1F)C1CCCCCC1. The van der Waals surface area contributed by atoms with Crippen LogP contribution in [0.25, 0.3) is 0 Å². The van der Waals surface area contributed by atoms with E-state index in [9.17, 15) is 9.18 Å². The Morgan fingerprint density at radius 3 is 2.47 bits per heavy atom. The van der Waals surface area contributed by atoms with Crippen LogP contribution in [0, 0.1) is 11.7 Å². The van der Waals surface area contributed by atoms with E-state index in [1.165, 1.54) is 12.8 Å². The van der Waals surface area contributed by atoms with E-state index in [1.54, 1.807) is 18.2 Å². The fraction of sp³-hybridized carbons (Fsp3) is 0.500.